The van der Waals surface area contributed by atoms with Crippen LogP contribution in [0.15, 0.2) is 37.1 Å². The fourth-order valence-electron chi connectivity index (χ4n) is 1.91. The van der Waals surface area contributed by atoms with E-state index in [0.717, 1.165) is 17.2 Å². The molecular formula is C14H13ClN2O2. The highest BCUT2D eigenvalue weighted by Crippen LogP contribution is 2.23. The van der Waals surface area contributed by atoms with Crippen LogP contribution in [-0.2, 0) is 11.3 Å². The largest absolute Gasteiger partial charge is 0.351 e. The molecule has 1 aromatic heterocycles. The number of benzene rings is 1. The molecule has 2 rings (SSSR count). The summed E-state index contributed by atoms with van der Waals surface area (Å²) >= 11 is 5.95. The van der Waals surface area contributed by atoms with Crippen LogP contribution in [0.1, 0.15) is 10.4 Å². The number of carbonyl (C=O) groups excluding carboxylic acids is 2. The normalized spacial score (nSPS) is 10.4. The molecule has 2 aromatic rings. The molecule has 5 heteroatoms. The van der Waals surface area contributed by atoms with Crippen LogP contribution in [0, 0.1) is 0 Å². The van der Waals surface area contributed by atoms with Crippen molar-refractivity contribution in [1.82, 2.24) is 9.88 Å². The van der Waals surface area contributed by atoms with Crippen molar-refractivity contribution in [2.24, 2.45) is 0 Å². The minimum atomic E-state index is -0.144. The summed E-state index contributed by atoms with van der Waals surface area (Å²) in [5.41, 5.74) is 1.31. The number of nitrogens with zero attached hydrogens (tertiary/aromatic N) is 1. The van der Waals surface area contributed by atoms with Gasteiger partial charge >= 0.3 is 0 Å². The predicted molar refractivity (Wildman–Crippen MR) is 75.5 cm³/mol. The SMILES string of the molecule is C=CCNC(=O)Cn1cc(C=O)c2ccc(Cl)cc21. The molecule has 1 aromatic carbocycles. The van der Waals surface area contributed by atoms with E-state index in [4.69, 9.17) is 11.6 Å². The summed E-state index contributed by atoms with van der Waals surface area (Å²) in [5.74, 6) is -0.144. The Labute approximate surface area is 115 Å². The van der Waals surface area contributed by atoms with Crippen molar-refractivity contribution in [2.75, 3.05) is 6.54 Å². The molecule has 0 aliphatic heterocycles. The van der Waals surface area contributed by atoms with Crippen molar-refractivity contribution < 1.29 is 9.59 Å². The lowest BCUT2D eigenvalue weighted by Crippen LogP contribution is -2.27. The molecule has 0 bridgehead atoms. The summed E-state index contributed by atoms with van der Waals surface area (Å²) in [6.07, 6.45) is 4.04. The molecule has 0 atom stereocenters. The van der Waals surface area contributed by atoms with E-state index >= 15 is 0 Å². The molecular weight excluding hydrogens is 264 g/mol. The minimum absolute atomic E-state index is 0.137. The van der Waals surface area contributed by atoms with Gasteiger partial charge in [-0.15, -0.1) is 6.58 Å². The number of halogens is 1. The van der Waals surface area contributed by atoms with Crippen LogP contribution in [0.3, 0.4) is 0 Å². The molecule has 19 heavy (non-hydrogen) atoms. The van der Waals surface area contributed by atoms with Crippen LogP contribution in [0.5, 0.6) is 0 Å². The van der Waals surface area contributed by atoms with E-state index in [2.05, 4.69) is 11.9 Å². The Morgan fingerprint density at radius 1 is 1.47 bits per heavy atom. The van der Waals surface area contributed by atoms with Gasteiger partial charge in [-0.05, 0) is 12.1 Å². The van der Waals surface area contributed by atoms with Crippen molar-refractivity contribution in [1.29, 1.82) is 0 Å². The van der Waals surface area contributed by atoms with E-state index in [1.807, 2.05) is 0 Å². The van der Waals surface area contributed by atoms with Crippen LogP contribution in [0.2, 0.25) is 5.02 Å². The second-order valence-electron chi connectivity index (χ2n) is 4.08. The number of carbonyl (C=O) groups is 2. The smallest absolute Gasteiger partial charge is 0.240 e. The van der Waals surface area contributed by atoms with E-state index in [0.29, 0.717) is 17.1 Å². The Morgan fingerprint density at radius 2 is 2.26 bits per heavy atom. The number of rotatable bonds is 5. The van der Waals surface area contributed by atoms with Gasteiger partial charge in [0.15, 0.2) is 6.29 Å². The molecule has 0 aliphatic rings. The summed E-state index contributed by atoms with van der Waals surface area (Å²) in [6.45, 7) is 4.09. The first kappa shape index (κ1) is 13.4. The molecule has 1 amide bonds. The van der Waals surface area contributed by atoms with Crippen molar-refractivity contribution >= 4 is 34.7 Å². The number of amides is 1. The van der Waals surface area contributed by atoms with Gasteiger partial charge in [0, 0.05) is 28.7 Å². The van der Waals surface area contributed by atoms with Crippen molar-refractivity contribution in [3.05, 3.63) is 47.6 Å². The number of fused-ring (bicyclic) bond motifs is 1. The lowest BCUT2D eigenvalue weighted by atomic mass is 10.2. The quantitative estimate of drug-likeness (QED) is 0.673. The highest BCUT2D eigenvalue weighted by molar-refractivity contribution is 6.31. The Balaban J connectivity index is 2.37. The zero-order chi connectivity index (χ0) is 13.8. The fraction of sp³-hybridized carbons (Fsp3) is 0.143. The second-order valence-corrected chi connectivity index (χ2v) is 4.52. The highest BCUT2D eigenvalue weighted by Gasteiger charge is 2.10. The first-order chi connectivity index (χ1) is 9.15. The summed E-state index contributed by atoms with van der Waals surface area (Å²) in [6, 6.07) is 5.24. The molecule has 0 fully saturated rings. The van der Waals surface area contributed by atoms with E-state index < -0.39 is 0 Å². The highest BCUT2D eigenvalue weighted by atomic mass is 35.5. The van der Waals surface area contributed by atoms with Gasteiger partial charge in [-0.1, -0.05) is 23.7 Å². The lowest BCUT2D eigenvalue weighted by molar-refractivity contribution is -0.121. The number of aldehydes is 1. The maximum absolute atomic E-state index is 11.7. The molecule has 0 spiro atoms. The maximum atomic E-state index is 11.7. The minimum Gasteiger partial charge on any atom is -0.351 e. The van der Waals surface area contributed by atoms with Gasteiger partial charge in [0.05, 0.1) is 5.52 Å². The molecule has 0 radical (unpaired) electrons. The van der Waals surface area contributed by atoms with E-state index in [1.54, 1.807) is 35.0 Å². The predicted octanol–water partition coefficient (Wildman–Crippen LogP) is 2.41. The topological polar surface area (TPSA) is 51.1 Å². The van der Waals surface area contributed by atoms with Gasteiger partial charge in [-0.2, -0.15) is 0 Å². The van der Waals surface area contributed by atoms with Crippen LogP contribution in [0.25, 0.3) is 10.9 Å². The van der Waals surface area contributed by atoms with Gasteiger partial charge in [-0.3, -0.25) is 9.59 Å². The summed E-state index contributed by atoms with van der Waals surface area (Å²) in [4.78, 5) is 22.7. The second kappa shape index (κ2) is 5.71. The first-order valence-corrected chi connectivity index (χ1v) is 6.14. The van der Waals surface area contributed by atoms with Gasteiger partial charge in [-0.25, -0.2) is 0 Å². The van der Waals surface area contributed by atoms with E-state index in [9.17, 15) is 9.59 Å². The Bertz CT molecular complexity index is 646. The standard InChI is InChI=1S/C14H13ClN2O2/c1-2-5-16-14(19)8-17-7-10(9-18)12-4-3-11(15)6-13(12)17/h2-4,6-7,9H,1,5,8H2,(H,16,19). The number of hydrogen-bond acceptors (Lipinski definition) is 2. The van der Waals surface area contributed by atoms with Crippen LogP contribution < -0.4 is 5.32 Å². The summed E-state index contributed by atoms with van der Waals surface area (Å²) < 4.78 is 1.71. The van der Waals surface area contributed by atoms with Crippen LogP contribution in [-0.4, -0.2) is 23.3 Å². The van der Waals surface area contributed by atoms with E-state index in [1.165, 1.54) is 0 Å². The molecule has 0 saturated carbocycles. The third-order valence-corrected chi connectivity index (χ3v) is 2.99. The van der Waals surface area contributed by atoms with Gasteiger partial charge in [0.25, 0.3) is 0 Å². The average molecular weight is 277 g/mol. The Kier molecular flexibility index (Phi) is 4.02. The Morgan fingerprint density at radius 3 is 2.95 bits per heavy atom. The molecule has 1 N–H and O–H groups in total. The average Bonchev–Trinajstić information content (AvgIpc) is 2.74. The molecule has 98 valence electrons. The summed E-state index contributed by atoms with van der Waals surface area (Å²) in [7, 11) is 0. The first-order valence-electron chi connectivity index (χ1n) is 5.77. The molecule has 0 unspecified atom stereocenters. The zero-order valence-corrected chi connectivity index (χ0v) is 11.0. The monoisotopic (exact) mass is 276 g/mol. The summed E-state index contributed by atoms with van der Waals surface area (Å²) in [5, 5.41) is 4.04. The third-order valence-electron chi connectivity index (χ3n) is 2.76. The van der Waals surface area contributed by atoms with Gasteiger partial charge in [0.2, 0.25) is 5.91 Å². The molecule has 4 nitrogen and oxygen atoms in total. The number of aromatic nitrogens is 1. The van der Waals surface area contributed by atoms with Crippen molar-refractivity contribution in [2.45, 2.75) is 6.54 Å². The van der Waals surface area contributed by atoms with Crippen LogP contribution in [0.4, 0.5) is 0 Å². The van der Waals surface area contributed by atoms with Gasteiger partial charge < -0.3 is 9.88 Å². The third kappa shape index (κ3) is 2.85. The van der Waals surface area contributed by atoms with Gasteiger partial charge in [0.1, 0.15) is 6.54 Å². The molecule has 1 heterocycles. The number of nitrogens with one attached hydrogen (secondary N) is 1. The molecule has 0 aliphatic carbocycles. The van der Waals surface area contributed by atoms with E-state index in [-0.39, 0.29) is 12.5 Å². The fourth-order valence-corrected chi connectivity index (χ4v) is 2.08. The molecule has 0 saturated heterocycles. The van der Waals surface area contributed by atoms with Crippen LogP contribution >= 0.6 is 11.6 Å². The Hall–Kier alpha value is -2.07. The van der Waals surface area contributed by atoms with Crippen molar-refractivity contribution in [3.8, 4) is 0 Å². The van der Waals surface area contributed by atoms with Crippen molar-refractivity contribution in [3.63, 3.8) is 0 Å². The zero-order valence-electron chi connectivity index (χ0n) is 10.2. The maximum Gasteiger partial charge on any atom is 0.240 e. The lowest BCUT2D eigenvalue weighted by Gasteiger charge is -2.05. The number of hydrogen-bond donors (Lipinski definition) is 1.